The molecule has 0 aliphatic carbocycles. The number of carbonyl (C=O) groups is 3. The van der Waals surface area contributed by atoms with Gasteiger partial charge in [-0.25, -0.2) is 9.59 Å². The highest BCUT2D eigenvalue weighted by molar-refractivity contribution is 5.92. The maximum absolute atomic E-state index is 13.4. The van der Waals surface area contributed by atoms with Gasteiger partial charge < -0.3 is 62.7 Å². The van der Waals surface area contributed by atoms with Crippen molar-refractivity contribution in [2.24, 2.45) is 23.7 Å². The molecule has 1 spiro atoms. The Labute approximate surface area is 309 Å². The summed E-state index contributed by atoms with van der Waals surface area (Å²) in [5, 5.41) is 32.3. The van der Waals surface area contributed by atoms with Crippen molar-refractivity contribution in [1.82, 2.24) is 0 Å². The molecular formula is C37H56O16. The molecule has 53 heavy (non-hydrogen) atoms. The van der Waals surface area contributed by atoms with E-state index in [1.165, 1.54) is 26.4 Å². The van der Waals surface area contributed by atoms with Gasteiger partial charge in [0.15, 0.2) is 24.0 Å². The Morgan fingerprint density at radius 2 is 1.57 bits per heavy atom. The van der Waals surface area contributed by atoms with Crippen LogP contribution >= 0.6 is 0 Å². The molecule has 3 N–H and O–H groups in total. The molecule has 0 unspecified atom stereocenters. The molecule has 0 aromatic rings. The summed E-state index contributed by atoms with van der Waals surface area (Å²) in [7, 11) is 2.93. The molecule has 16 heteroatoms. The van der Waals surface area contributed by atoms with Crippen molar-refractivity contribution in [3.63, 3.8) is 0 Å². The summed E-state index contributed by atoms with van der Waals surface area (Å²) in [5.41, 5.74) is -1.39. The fraction of sp³-hybridized carbons (Fsp3) is 0.811. The third-order valence-corrected chi connectivity index (χ3v) is 11.2. The third-order valence-electron chi connectivity index (χ3n) is 11.2. The molecule has 0 bridgehead atoms. The maximum Gasteiger partial charge on any atom is 0.509 e. The number of ether oxygens (including phenoxy) is 10. The average molecular weight is 757 g/mol. The van der Waals surface area contributed by atoms with Crippen LogP contribution in [-0.2, 0) is 57.0 Å². The van der Waals surface area contributed by atoms with Crippen LogP contribution < -0.4 is 0 Å². The highest BCUT2D eigenvalue weighted by Crippen LogP contribution is 2.42. The number of fused-ring (bicyclic) bond motifs is 1. The summed E-state index contributed by atoms with van der Waals surface area (Å²) in [6.07, 6.45) is -4.84. The number of cyclic esters (lactones) is 2. The summed E-state index contributed by atoms with van der Waals surface area (Å²) >= 11 is 0. The van der Waals surface area contributed by atoms with E-state index < -0.39 is 128 Å². The highest BCUT2D eigenvalue weighted by Gasteiger charge is 2.61. The molecule has 5 rings (SSSR count). The molecule has 16 nitrogen and oxygen atoms in total. The van der Waals surface area contributed by atoms with E-state index >= 15 is 0 Å². The molecule has 4 saturated heterocycles. The van der Waals surface area contributed by atoms with Crippen molar-refractivity contribution in [1.29, 1.82) is 0 Å². The summed E-state index contributed by atoms with van der Waals surface area (Å²) in [4.78, 5) is 38.8. The second-order valence-electron chi connectivity index (χ2n) is 15.0. The summed E-state index contributed by atoms with van der Waals surface area (Å²) in [5.74, 6) is -3.13. The van der Waals surface area contributed by atoms with Crippen molar-refractivity contribution >= 4 is 17.9 Å². The van der Waals surface area contributed by atoms with Gasteiger partial charge in [-0.3, -0.25) is 4.79 Å². The van der Waals surface area contributed by atoms with Crippen LogP contribution in [-0.4, -0.2) is 146 Å². The second-order valence-corrected chi connectivity index (χ2v) is 15.0. The number of hydrogen-bond acceptors (Lipinski definition) is 16. The summed E-state index contributed by atoms with van der Waals surface area (Å²) in [6.45, 7) is 10.1. The lowest BCUT2D eigenvalue weighted by Gasteiger charge is -2.46. The van der Waals surface area contributed by atoms with Crippen LogP contribution in [0.25, 0.3) is 0 Å². The molecule has 18 atom stereocenters. The zero-order chi connectivity index (χ0) is 38.8. The lowest BCUT2D eigenvalue weighted by molar-refractivity contribution is -0.308. The quantitative estimate of drug-likeness (QED) is 0.237. The Hall–Kier alpha value is -2.51. The largest absolute Gasteiger partial charge is 0.509 e. The average Bonchev–Trinajstić information content (AvgIpc) is 3.82. The maximum atomic E-state index is 13.4. The van der Waals surface area contributed by atoms with Gasteiger partial charge >= 0.3 is 12.1 Å². The summed E-state index contributed by atoms with van der Waals surface area (Å²) in [6, 6.07) is 0. The van der Waals surface area contributed by atoms with Crippen molar-refractivity contribution in [2.75, 3.05) is 27.4 Å². The fourth-order valence-corrected chi connectivity index (χ4v) is 8.02. The second kappa shape index (κ2) is 17.5. The number of allylic oxidation sites excluding steroid dienone is 1. The first-order valence-corrected chi connectivity index (χ1v) is 18.4. The molecule has 5 aliphatic rings. The topological polar surface area (TPSA) is 207 Å². The standard InChI is InChI=1S/C37H56O16/c1-17-9-12-27(40)48-20(4)24(16-46-34-32(45-8)31(44-7)28(41)21(5)49-34)30-26(51-30)11-10-25(39)23(15-38)13-18(2)29(17)52-35-33(42)37(14-19(3)47-35)22(6)50-36(43)53-37/h9-12,17-24,26,28-35,38,41-42H,13-16H2,1-8H3/b11-10+,12-9+/t17-,18+,19-,20-,21-,22-,23-,24+,26+,28+,29-,30+,31-,32-,33+,34-,35+,37-/m0/s1. The zero-order valence-electron chi connectivity index (χ0n) is 31.6. The molecule has 0 amide bonds. The van der Waals surface area contributed by atoms with Gasteiger partial charge in [0.25, 0.3) is 0 Å². The Kier molecular flexibility index (Phi) is 13.8. The van der Waals surface area contributed by atoms with Gasteiger partial charge in [0.2, 0.25) is 0 Å². The van der Waals surface area contributed by atoms with Gasteiger partial charge in [-0.1, -0.05) is 19.9 Å². The minimum absolute atomic E-state index is 0.0105. The Morgan fingerprint density at radius 1 is 0.849 bits per heavy atom. The molecule has 0 aromatic carbocycles. The van der Waals surface area contributed by atoms with E-state index in [1.54, 1.807) is 39.8 Å². The van der Waals surface area contributed by atoms with E-state index in [0.29, 0.717) is 0 Å². The molecule has 0 saturated carbocycles. The molecule has 5 aliphatic heterocycles. The van der Waals surface area contributed by atoms with E-state index in [4.69, 9.17) is 47.4 Å². The molecular weight excluding hydrogens is 700 g/mol. The van der Waals surface area contributed by atoms with Gasteiger partial charge in [-0.05, 0) is 52.2 Å². The lowest BCUT2D eigenvalue weighted by atomic mass is 9.82. The molecule has 0 radical (unpaired) electrons. The highest BCUT2D eigenvalue weighted by atomic mass is 16.8. The van der Waals surface area contributed by atoms with Crippen molar-refractivity contribution in [3.05, 3.63) is 24.3 Å². The molecule has 0 aromatic heterocycles. The van der Waals surface area contributed by atoms with E-state index in [-0.39, 0.29) is 25.2 Å². The predicted octanol–water partition coefficient (Wildman–Crippen LogP) is 1.60. The fourth-order valence-electron chi connectivity index (χ4n) is 8.02. The monoisotopic (exact) mass is 756 g/mol. The number of ketones is 1. The van der Waals surface area contributed by atoms with E-state index in [0.717, 1.165) is 0 Å². The number of hydrogen-bond donors (Lipinski definition) is 3. The van der Waals surface area contributed by atoms with Crippen LogP contribution in [0.5, 0.6) is 0 Å². The van der Waals surface area contributed by atoms with Gasteiger partial charge in [0.1, 0.15) is 42.7 Å². The van der Waals surface area contributed by atoms with Gasteiger partial charge in [-0.15, -0.1) is 0 Å². The Morgan fingerprint density at radius 3 is 2.21 bits per heavy atom. The summed E-state index contributed by atoms with van der Waals surface area (Å²) < 4.78 is 58.2. The van der Waals surface area contributed by atoms with Gasteiger partial charge in [0, 0.05) is 44.5 Å². The van der Waals surface area contributed by atoms with Crippen LogP contribution in [0.4, 0.5) is 4.79 Å². The Balaban J connectivity index is 1.36. The van der Waals surface area contributed by atoms with Crippen molar-refractivity contribution < 1.29 is 77.1 Å². The number of aliphatic hydroxyl groups excluding tert-OH is 3. The SMILES string of the molecule is CO[C@@H]1[C@@H](OC[C@H]2[C@H]3O[C@@H]3/C=C/C(=O)[C@H](CO)C[C@@H](C)[C@@H](O[C@H]3O[C@@H](C)C[C@@]4(OC(=O)O[C@H]4C)[C@@H]3O)[C@@H](C)/C=C/C(=O)O[C@H]2C)O[C@@H](C)[C@@H](O)[C@@H]1OC. The van der Waals surface area contributed by atoms with E-state index in [1.807, 2.05) is 13.8 Å². The minimum atomic E-state index is -1.41. The third kappa shape index (κ3) is 9.14. The van der Waals surface area contributed by atoms with Crippen LogP contribution in [0.1, 0.15) is 54.4 Å². The van der Waals surface area contributed by atoms with Crippen LogP contribution in [0, 0.1) is 23.7 Å². The molecule has 5 heterocycles. The Bertz CT molecular complexity index is 1340. The number of aliphatic hydroxyl groups is 3. The predicted molar refractivity (Wildman–Crippen MR) is 182 cm³/mol. The van der Waals surface area contributed by atoms with Gasteiger partial charge in [-0.2, -0.15) is 0 Å². The number of carbonyl (C=O) groups excluding carboxylic acids is 3. The number of methoxy groups -OCH3 is 2. The van der Waals surface area contributed by atoms with E-state index in [9.17, 15) is 29.7 Å². The first-order chi connectivity index (χ1) is 25.1. The van der Waals surface area contributed by atoms with E-state index in [2.05, 4.69) is 0 Å². The minimum Gasteiger partial charge on any atom is -0.459 e. The molecule has 300 valence electrons. The van der Waals surface area contributed by atoms with Crippen LogP contribution in [0.2, 0.25) is 0 Å². The van der Waals surface area contributed by atoms with Crippen LogP contribution in [0.3, 0.4) is 0 Å². The first kappa shape index (κ1) is 41.6. The lowest BCUT2D eigenvalue weighted by Crippen LogP contribution is -2.62. The zero-order valence-corrected chi connectivity index (χ0v) is 31.6. The normalized spacial score (nSPS) is 48.0. The smallest absolute Gasteiger partial charge is 0.459 e. The molecule has 4 fully saturated rings. The van der Waals surface area contributed by atoms with Crippen LogP contribution in [0.15, 0.2) is 24.3 Å². The van der Waals surface area contributed by atoms with Gasteiger partial charge in [0.05, 0.1) is 37.6 Å². The first-order valence-electron chi connectivity index (χ1n) is 18.4. The number of epoxide rings is 1. The van der Waals surface area contributed by atoms with Crippen molar-refractivity contribution in [2.45, 2.75) is 140 Å². The van der Waals surface area contributed by atoms with Crippen molar-refractivity contribution in [3.8, 4) is 0 Å². The number of esters is 1. The number of rotatable bonds is 8.